The first-order valence-corrected chi connectivity index (χ1v) is 14.4. The quantitative estimate of drug-likeness (QED) is 0.185. The van der Waals surface area contributed by atoms with Gasteiger partial charge in [0.2, 0.25) is 0 Å². The molecule has 0 radical (unpaired) electrons. The van der Waals surface area contributed by atoms with Gasteiger partial charge in [-0.3, -0.25) is 4.79 Å². The number of methoxy groups -OCH3 is 1. The molecule has 0 spiro atoms. The minimum Gasteiger partial charge on any atom is -0.465 e. The number of hydrogen-bond acceptors (Lipinski definition) is 6. The number of hydrogen-bond donors (Lipinski definition) is 1. The van der Waals surface area contributed by atoms with Crippen LogP contribution in [0.3, 0.4) is 0 Å². The Balaban J connectivity index is 1.47. The summed E-state index contributed by atoms with van der Waals surface area (Å²) >= 11 is 7.60. The molecule has 2 aromatic carbocycles. The van der Waals surface area contributed by atoms with E-state index in [0.29, 0.717) is 49.8 Å². The molecule has 0 bridgehead atoms. The van der Waals surface area contributed by atoms with Crippen molar-refractivity contribution in [1.29, 1.82) is 0 Å². The number of amides is 1. The van der Waals surface area contributed by atoms with Gasteiger partial charge in [0.15, 0.2) is 0 Å². The Hall–Kier alpha value is -3.68. The average Bonchev–Trinajstić information content (AvgIpc) is 3.56. The monoisotopic (exact) mass is 574 g/mol. The molecule has 0 unspecified atom stereocenters. The van der Waals surface area contributed by atoms with Gasteiger partial charge in [0.1, 0.15) is 16.5 Å². The van der Waals surface area contributed by atoms with Gasteiger partial charge in [-0.05, 0) is 78.6 Å². The maximum atomic E-state index is 13.6. The van der Waals surface area contributed by atoms with Gasteiger partial charge in [-0.15, -0.1) is 11.3 Å². The summed E-state index contributed by atoms with van der Waals surface area (Å²) in [6.07, 6.45) is 4.41. The molecule has 0 fully saturated rings. The van der Waals surface area contributed by atoms with Gasteiger partial charge >= 0.3 is 5.97 Å². The Kier molecular flexibility index (Phi) is 7.97. The number of nitrogens with one attached hydrogen (secondary N) is 1. The average molecular weight is 575 g/mol. The van der Waals surface area contributed by atoms with E-state index in [9.17, 15) is 9.59 Å². The summed E-state index contributed by atoms with van der Waals surface area (Å²) in [6.45, 7) is 6.82. The fourth-order valence-electron chi connectivity index (χ4n) is 5.04. The number of aliphatic imine (C=N–C) groups is 1. The second-order valence-electron chi connectivity index (χ2n) is 10.9. The third kappa shape index (κ3) is 5.91. The lowest BCUT2D eigenvalue weighted by atomic mass is 9.72. The van der Waals surface area contributed by atoms with Crippen LogP contribution in [0.25, 0.3) is 11.3 Å². The molecule has 5 rings (SSSR count). The van der Waals surface area contributed by atoms with Gasteiger partial charge in [0, 0.05) is 21.2 Å². The molecule has 0 aliphatic heterocycles. The highest BCUT2D eigenvalue weighted by atomic mass is 35.5. The normalized spacial score (nSPS) is 15.2. The van der Waals surface area contributed by atoms with E-state index in [2.05, 4.69) is 26.1 Å². The number of halogens is 1. The Morgan fingerprint density at radius 2 is 1.85 bits per heavy atom. The Labute approximate surface area is 243 Å². The molecule has 2 aromatic heterocycles. The summed E-state index contributed by atoms with van der Waals surface area (Å²) in [5.41, 5.74) is 3.60. The first-order valence-electron chi connectivity index (χ1n) is 13.2. The molecule has 40 heavy (non-hydrogen) atoms. The summed E-state index contributed by atoms with van der Waals surface area (Å²) in [5, 5.41) is 4.28. The fraction of sp³-hybridized carbons (Fsp3) is 0.281. The van der Waals surface area contributed by atoms with Crippen LogP contribution in [0.1, 0.15) is 64.1 Å². The van der Waals surface area contributed by atoms with Crippen LogP contribution in [0.15, 0.2) is 70.1 Å². The minimum atomic E-state index is -0.434. The molecule has 206 valence electrons. The molecular weight excluding hydrogens is 544 g/mol. The fourth-order valence-corrected chi connectivity index (χ4v) is 6.43. The van der Waals surface area contributed by atoms with E-state index in [-0.39, 0.29) is 11.3 Å². The van der Waals surface area contributed by atoms with Gasteiger partial charge in [-0.2, -0.15) is 0 Å². The van der Waals surface area contributed by atoms with E-state index in [4.69, 9.17) is 25.7 Å². The molecule has 0 saturated heterocycles. The smallest absolute Gasteiger partial charge is 0.338 e. The number of ether oxygens (including phenoxy) is 1. The first-order chi connectivity index (χ1) is 19.1. The van der Waals surface area contributed by atoms with Crippen molar-refractivity contribution in [2.45, 2.75) is 40.0 Å². The summed E-state index contributed by atoms with van der Waals surface area (Å²) in [7, 11) is 1.35. The third-order valence-corrected chi connectivity index (χ3v) is 8.75. The predicted molar refractivity (Wildman–Crippen MR) is 161 cm³/mol. The highest BCUT2D eigenvalue weighted by Gasteiger charge is 2.33. The van der Waals surface area contributed by atoms with Crippen LogP contribution in [0, 0.1) is 11.3 Å². The van der Waals surface area contributed by atoms with Crippen molar-refractivity contribution in [3.05, 3.63) is 93.0 Å². The number of carbonyl (C=O) groups is 2. The van der Waals surface area contributed by atoms with Gasteiger partial charge in [0.25, 0.3) is 5.91 Å². The number of anilines is 1. The van der Waals surface area contributed by atoms with Crippen LogP contribution in [0.5, 0.6) is 0 Å². The molecule has 1 aliphatic rings. The SMILES string of the molecule is COC(=O)c1ccccc1-c1ccc(C=Nc2sc3c(c2C(=O)Nc2ccc(Cl)cc2)CC[C@@H](C(C)(C)C)C3)o1. The maximum Gasteiger partial charge on any atom is 0.338 e. The third-order valence-electron chi connectivity index (χ3n) is 7.33. The van der Waals surface area contributed by atoms with Crippen molar-refractivity contribution >= 4 is 51.7 Å². The van der Waals surface area contributed by atoms with Gasteiger partial charge in [-0.1, -0.05) is 50.6 Å². The van der Waals surface area contributed by atoms with E-state index in [0.717, 1.165) is 24.8 Å². The Morgan fingerprint density at radius 1 is 1.10 bits per heavy atom. The number of esters is 1. The van der Waals surface area contributed by atoms with Gasteiger partial charge < -0.3 is 14.5 Å². The zero-order chi connectivity index (χ0) is 28.4. The second-order valence-corrected chi connectivity index (χ2v) is 12.5. The molecule has 8 heteroatoms. The Morgan fingerprint density at radius 3 is 2.58 bits per heavy atom. The van der Waals surface area contributed by atoms with Crippen molar-refractivity contribution in [2.24, 2.45) is 16.3 Å². The van der Waals surface area contributed by atoms with Crippen molar-refractivity contribution in [2.75, 3.05) is 12.4 Å². The summed E-state index contributed by atoms with van der Waals surface area (Å²) in [4.78, 5) is 31.8. The summed E-state index contributed by atoms with van der Waals surface area (Å²) in [6, 6.07) is 17.8. The van der Waals surface area contributed by atoms with Crippen molar-refractivity contribution in [1.82, 2.24) is 0 Å². The van der Waals surface area contributed by atoms with E-state index in [1.54, 1.807) is 66.1 Å². The molecule has 1 amide bonds. The highest BCUT2D eigenvalue weighted by Crippen LogP contribution is 2.45. The van der Waals surface area contributed by atoms with E-state index in [1.807, 2.05) is 12.1 Å². The predicted octanol–water partition coefficient (Wildman–Crippen LogP) is 8.60. The molecule has 1 atom stereocenters. The van der Waals surface area contributed by atoms with E-state index < -0.39 is 5.97 Å². The second kappa shape index (κ2) is 11.4. The van der Waals surface area contributed by atoms with E-state index in [1.165, 1.54) is 12.0 Å². The number of carbonyl (C=O) groups excluding carboxylic acids is 2. The number of thiophene rings is 1. The molecule has 4 aromatic rings. The highest BCUT2D eigenvalue weighted by molar-refractivity contribution is 7.16. The molecule has 6 nitrogen and oxygen atoms in total. The topological polar surface area (TPSA) is 80.9 Å². The van der Waals surface area contributed by atoms with Crippen LogP contribution < -0.4 is 5.32 Å². The Bertz CT molecular complexity index is 1580. The molecule has 0 saturated carbocycles. The summed E-state index contributed by atoms with van der Waals surface area (Å²) in [5.74, 6) is 0.953. The van der Waals surface area contributed by atoms with Crippen LogP contribution in [-0.2, 0) is 17.6 Å². The van der Waals surface area contributed by atoms with Crippen LogP contribution in [0.4, 0.5) is 10.7 Å². The summed E-state index contributed by atoms with van der Waals surface area (Å²) < 4.78 is 10.9. The number of furan rings is 1. The van der Waals surface area contributed by atoms with Crippen LogP contribution in [0.2, 0.25) is 5.02 Å². The van der Waals surface area contributed by atoms with Crippen molar-refractivity contribution in [3.63, 3.8) is 0 Å². The number of nitrogens with zero attached hydrogens (tertiary/aromatic N) is 1. The van der Waals surface area contributed by atoms with Crippen LogP contribution in [-0.4, -0.2) is 25.2 Å². The zero-order valence-corrected chi connectivity index (χ0v) is 24.5. The number of benzene rings is 2. The zero-order valence-electron chi connectivity index (χ0n) is 22.9. The number of fused-ring (bicyclic) bond motifs is 1. The van der Waals surface area contributed by atoms with Gasteiger partial charge in [0.05, 0.1) is 24.5 Å². The molecular formula is C32H31ClN2O4S. The first kappa shape index (κ1) is 27.9. The minimum absolute atomic E-state index is 0.182. The largest absolute Gasteiger partial charge is 0.465 e. The standard InChI is InChI=1S/C32H31ClN2O4S/c1-32(2,3)19-9-15-25-27(17-19)40-30(28(25)29(36)35-21-12-10-20(33)11-13-21)34-18-22-14-16-26(39-22)23-7-5-6-8-24(23)31(37)38-4/h5-8,10-14,16,18-19H,9,15,17H2,1-4H3,(H,35,36)/t19-/m1/s1. The molecule has 1 aliphatic carbocycles. The van der Waals surface area contributed by atoms with Crippen LogP contribution >= 0.6 is 22.9 Å². The lowest BCUT2D eigenvalue weighted by molar-refractivity contribution is 0.0601. The lowest BCUT2D eigenvalue weighted by Crippen LogP contribution is -2.27. The van der Waals surface area contributed by atoms with Crippen molar-refractivity contribution < 1.29 is 18.7 Å². The lowest BCUT2D eigenvalue weighted by Gasteiger charge is -2.33. The van der Waals surface area contributed by atoms with Crippen molar-refractivity contribution in [3.8, 4) is 11.3 Å². The number of rotatable bonds is 6. The van der Waals surface area contributed by atoms with E-state index >= 15 is 0 Å². The van der Waals surface area contributed by atoms with Gasteiger partial charge in [-0.25, -0.2) is 9.79 Å². The molecule has 2 heterocycles. The maximum absolute atomic E-state index is 13.6. The molecule has 1 N–H and O–H groups in total.